The monoisotopic (exact) mass is 278 g/mol. The smallest absolute Gasteiger partial charge is 0.0139 e. The molecule has 3 aliphatic rings. The van der Waals surface area contributed by atoms with Crippen LogP contribution in [0.4, 0.5) is 0 Å². The second kappa shape index (κ2) is 5.96. The SMILES string of the molecule is CC(C)(C)NCC1CCC1N1CCCC2CCCCC21. The van der Waals surface area contributed by atoms with Crippen molar-refractivity contribution < 1.29 is 0 Å². The number of piperidine rings is 1. The van der Waals surface area contributed by atoms with E-state index in [1.54, 1.807) is 0 Å². The Morgan fingerprint density at radius 3 is 2.35 bits per heavy atom. The van der Waals surface area contributed by atoms with Crippen LogP contribution in [0.15, 0.2) is 0 Å². The first-order valence-corrected chi connectivity index (χ1v) is 9.05. The van der Waals surface area contributed by atoms with Crippen LogP contribution < -0.4 is 5.32 Å². The molecular formula is C18H34N2. The van der Waals surface area contributed by atoms with Gasteiger partial charge in [0.25, 0.3) is 0 Å². The van der Waals surface area contributed by atoms with Crippen molar-refractivity contribution in [2.45, 2.75) is 89.8 Å². The predicted octanol–water partition coefficient (Wildman–Crippen LogP) is 3.81. The maximum absolute atomic E-state index is 3.74. The number of hydrogen-bond acceptors (Lipinski definition) is 2. The van der Waals surface area contributed by atoms with Crippen LogP contribution in [0, 0.1) is 11.8 Å². The van der Waals surface area contributed by atoms with Gasteiger partial charge < -0.3 is 5.32 Å². The van der Waals surface area contributed by atoms with Crippen LogP contribution in [0.5, 0.6) is 0 Å². The highest BCUT2D eigenvalue weighted by atomic mass is 15.2. The van der Waals surface area contributed by atoms with E-state index in [4.69, 9.17) is 0 Å². The normalized spacial score (nSPS) is 39.1. The minimum Gasteiger partial charge on any atom is -0.312 e. The summed E-state index contributed by atoms with van der Waals surface area (Å²) in [6.45, 7) is 9.48. The zero-order chi connectivity index (χ0) is 14.2. The summed E-state index contributed by atoms with van der Waals surface area (Å²) in [7, 11) is 0. The van der Waals surface area contributed by atoms with Gasteiger partial charge in [-0.3, -0.25) is 4.90 Å². The Morgan fingerprint density at radius 2 is 1.65 bits per heavy atom. The lowest BCUT2D eigenvalue weighted by Crippen LogP contribution is -2.59. The van der Waals surface area contributed by atoms with E-state index in [0.717, 1.165) is 23.9 Å². The maximum Gasteiger partial charge on any atom is 0.0139 e. The molecule has 3 rings (SSSR count). The maximum atomic E-state index is 3.74. The molecule has 1 aliphatic heterocycles. The highest BCUT2D eigenvalue weighted by Crippen LogP contribution is 2.41. The topological polar surface area (TPSA) is 15.3 Å². The molecule has 20 heavy (non-hydrogen) atoms. The highest BCUT2D eigenvalue weighted by molar-refractivity contribution is 4.97. The van der Waals surface area contributed by atoms with Gasteiger partial charge >= 0.3 is 0 Å². The third-order valence-corrected chi connectivity index (χ3v) is 5.98. The fourth-order valence-corrected chi connectivity index (χ4v) is 4.74. The molecule has 2 heteroatoms. The number of fused-ring (bicyclic) bond motifs is 1. The van der Waals surface area contributed by atoms with E-state index in [2.05, 4.69) is 31.0 Å². The Kier molecular flexibility index (Phi) is 4.42. The molecule has 2 nitrogen and oxygen atoms in total. The van der Waals surface area contributed by atoms with E-state index in [9.17, 15) is 0 Å². The minimum absolute atomic E-state index is 0.273. The van der Waals surface area contributed by atoms with Crippen molar-refractivity contribution >= 4 is 0 Å². The summed E-state index contributed by atoms with van der Waals surface area (Å²) >= 11 is 0. The van der Waals surface area contributed by atoms with E-state index in [1.165, 1.54) is 64.5 Å². The first-order valence-electron chi connectivity index (χ1n) is 9.05. The zero-order valence-corrected chi connectivity index (χ0v) is 13.8. The molecule has 0 aromatic carbocycles. The van der Waals surface area contributed by atoms with Crippen LogP contribution in [0.3, 0.4) is 0 Å². The van der Waals surface area contributed by atoms with Crippen molar-refractivity contribution in [3.8, 4) is 0 Å². The lowest BCUT2D eigenvalue weighted by atomic mass is 9.72. The largest absolute Gasteiger partial charge is 0.312 e. The molecule has 3 fully saturated rings. The van der Waals surface area contributed by atoms with Crippen LogP contribution >= 0.6 is 0 Å². The van der Waals surface area contributed by atoms with E-state index >= 15 is 0 Å². The van der Waals surface area contributed by atoms with E-state index in [0.29, 0.717) is 0 Å². The van der Waals surface area contributed by atoms with Gasteiger partial charge in [-0.25, -0.2) is 0 Å². The molecular weight excluding hydrogens is 244 g/mol. The van der Waals surface area contributed by atoms with E-state index < -0.39 is 0 Å². The Labute approximate surface area is 125 Å². The van der Waals surface area contributed by atoms with Crippen LogP contribution in [0.2, 0.25) is 0 Å². The summed E-state index contributed by atoms with van der Waals surface area (Å²) in [6, 6.07) is 1.84. The molecule has 1 saturated heterocycles. The minimum atomic E-state index is 0.273. The van der Waals surface area contributed by atoms with Gasteiger partial charge in [0, 0.05) is 17.6 Å². The fourth-order valence-electron chi connectivity index (χ4n) is 4.74. The second-order valence-corrected chi connectivity index (χ2v) is 8.53. The van der Waals surface area contributed by atoms with Gasteiger partial charge in [-0.2, -0.15) is 0 Å². The fraction of sp³-hybridized carbons (Fsp3) is 1.00. The summed E-state index contributed by atoms with van der Waals surface area (Å²) in [6.07, 6.45) is 11.8. The Morgan fingerprint density at radius 1 is 0.900 bits per heavy atom. The Bertz CT molecular complexity index is 318. The van der Waals surface area contributed by atoms with Gasteiger partial charge in [-0.1, -0.05) is 12.8 Å². The number of nitrogens with one attached hydrogen (secondary N) is 1. The van der Waals surface area contributed by atoms with Gasteiger partial charge in [0.1, 0.15) is 0 Å². The Hall–Kier alpha value is -0.0800. The summed E-state index contributed by atoms with van der Waals surface area (Å²) in [5, 5.41) is 3.74. The molecule has 4 atom stereocenters. The van der Waals surface area contributed by atoms with Crippen LogP contribution in [-0.4, -0.2) is 35.6 Å². The number of likely N-dealkylation sites (tertiary alicyclic amines) is 1. The third kappa shape index (κ3) is 3.22. The molecule has 0 aromatic rings. The average molecular weight is 278 g/mol. The average Bonchev–Trinajstić information content (AvgIpc) is 2.37. The number of nitrogens with zero attached hydrogens (tertiary/aromatic N) is 1. The Balaban J connectivity index is 1.57. The molecule has 0 aromatic heterocycles. The molecule has 0 spiro atoms. The van der Waals surface area contributed by atoms with Crippen molar-refractivity contribution in [1.82, 2.24) is 10.2 Å². The van der Waals surface area contributed by atoms with Gasteiger partial charge in [-0.05, 0) is 84.2 Å². The second-order valence-electron chi connectivity index (χ2n) is 8.53. The van der Waals surface area contributed by atoms with Crippen LogP contribution in [-0.2, 0) is 0 Å². The van der Waals surface area contributed by atoms with E-state index in [-0.39, 0.29) is 5.54 Å². The van der Waals surface area contributed by atoms with Crippen molar-refractivity contribution in [2.24, 2.45) is 11.8 Å². The summed E-state index contributed by atoms with van der Waals surface area (Å²) in [4.78, 5) is 2.95. The zero-order valence-electron chi connectivity index (χ0n) is 13.8. The molecule has 1 N–H and O–H groups in total. The standard InChI is InChI=1S/C18H34N2/c1-18(2,3)19-13-15-10-11-17(15)20-12-6-8-14-7-4-5-9-16(14)20/h14-17,19H,4-13H2,1-3H3. The molecule has 0 amide bonds. The lowest BCUT2D eigenvalue weighted by Gasteiger charge is -2.53. The molecule has 0 radical (unpaired) electrons. The molecule has 2 aliphatic carbocycles. The number of hydrogen-bond donors (Lipinski definition) is 1. The van der Waals surface area contributed by atoms with Crippen molar-refractivity contribution in [1.29, 1.82) is 0 Å². The third-order valence-electron chi connectivity index (χ3n) is 5.98. The first-order chi connectivity index (χ1) is 9.54. The summed E-state index contributed by atoms with van der Waals surface area (Å²) < 4.78 is 0. The molecule has 4 unspecified atom stereocenters. The van der Waals surface area contributed by atoms with Gasteiger partial charge in [0.05, 0.1) is 0 Å². The van der Waals surface area contributed by atoms with Crippen LogP contribution in [0.1, 0.15) is 72.1 Å². The quantitative estimate of drug-likeness (QED) is 0.844. The van der Waals surface area contributed by atoms with Gasteiger partial charge in [0.15, 0.2) is 0 Å². The van der Waals surface area contributed by atoms with Crippen molar-refractivity contribution in [3.05, 3.63) is 0 Å². The van der Waals surface area contributed by atoms with E-state index in [1.807, 2.05) is 0 Å². The van der Waals surface area contributed by atoms with Gasteiger partial charge in [-0.15, -0.1) is 0 Å². The highest BCUT2D eigenvalue weighted by Gasteiger charge is 2.42. The molecule has 1 heterocycles. The predicted molar refractivity (Wildman–Crippen MR) is 86.0 cm³/mol. The van der Waals surface area contributed by atoms with Crippen molar-refractivity contribution in [3.63, 3.8) is 0 Å². The van der Waals surface area contributed by atoms with Gasteiger partial charge in [0.2, 0.25) is 0 Å². The lowest BCUT2D eigenvalue weighted by molar-refractivity contribution is -0.0329. The summed E-state index contributed by atoms with van der Waals surface area (Å²) in [5.74, 6) is 1.95. The molecule has 2 saturated carbocycles. The summed E-state index contributed by atoms with van der Waals surface area (Å²) in [5.41, 5.74) is 0.273. The first kappa shape index (κ1) is 14.8. The molecule has 0 bridgehead atoms. The molecule has 116 valence electrons. The number of rotatable bonds is 3. The van der Waals surface area contributed by atoms with Crippen molar-refractivity contribution in [2.75, 3.05) is 13.1 Å². The van der Waals surface area contributed by atoms with Crippen LogP contribution in [0.25, 0.3) is 0 Å².